The van der Waals surface area contributed by atoms with E-state index < -0.39 is 11.6 Å². The van der Waals surface area contributed by atoms with Gasteiger partial charge in [0, 0.05) is 23.1 Å². The third-order valence-electron chi connectivity index (χ3n) is 3.62. The summed E-state index contributed by atoms with van der Waals surface area (Å²) in [5.41, 5.74) is 0.0927. The van der Waals surface area contributed by atoms with Crippen molar-refractivity contribution in [1.29, 1.82) is 0 Å². The van der Waals surface area contributed by atoms with E-state index in [0.29, 0.717) is 22.4 Å². The minimum atomic E-state index is -0.601. The minimum absolute atomic E-state index is 0.0278. The summed E-state index contributed by atoms with van der Waals surface area (Å²) in [5, 5.41) is 10.0. The maximum Gasteiger partial charge on any atom is 0.344 e. The summed E-state index contributed by atoms with van der Waals surface area (Å²) in [5.74, 6) is 0.302. The number of esters is 1. The van der Waals surface area contributed by atoms with Crippen LogP contribution in [0.1, 0.15) is 5.56 Å². The lowest BCUT2D eigenvalue weighted by Gasteiger charge is -2.10. The van der Waals surface area contributed by atoms with E-state index in [4.69, 9.17) is 18.6 Å². The van der Waals surface area contributed by atoms with E-state index in [1.807, 2.05) is 0 Å². The van der Waals surface area contributed by atoms with E-state index in [9.17, 15) is 14.7 Å². The molecule has 1 N–H and O–H groups in total. The first-order valence-electron chi connectivity index (χ1n) is 7.74. The Kier molecular flexibility index (Phi) is 5.07. The van der Waals surface area contributed by atoms with Crippen molar-refractivity contribution in [2.24, 2.45) is 0 Å². The molecule has 0 unspecified atom stereocenters. The number of para-hydroxylation sites is 2. The van der Waals surface area contributed by atoms with Gasteiger partial charge in [-0.15, -0.1) is 0 Å². The second-order valence-corrected chi connectivity index (χ2v) is 5.37. The first-order valence-corrected chi connectivity index (χ1v) is 7.74. The Balaban J connectivity index is 1.66. The van der Waals surface area contributed by atoms with Gasteiger partial charge in [-0.2, -0.15) is 0 Å². The van der Waals surface area contributed by atoms with E-state index in [1.54, 1.807) is 30.3 Å². The van der Waals surface area contributed by atoms with Crippen molar-refractivity contribution in [3.8, 4) is 17.2 Å². The van der Waals surface area contributed by atoms with Crippen LogP contribution in [0, 0.1) is 0 Å². The van der Waals surface area contributed by atoms with Crippen molar-refractivity contribution in [3.05, 3.63) is 64.5 Å². The minimum Gasteiger partial charge on any atom is -0.508 e. The molecule has 0 aliphatic carbocycles. The van der Waals surface area contributed by atoms with Gasteiger partial charge in [-0.05, 0) is 24.3 Å². The summed E-state index contributed by atoms with van der Waals surface area (Å²) in [6, 6.07) is 12.5. The molecule has 0 fully saturated rings. The number of ether oxygens (including phenoxy) is 3. The molecular weight excluding hydrogens is 340 g/mol. The van der Waals surface area contributed by atoms with Crippen LogP contribution in [-0.4, -0.2) is 24.8 Å². The molecule has 0 spiro atoms. The lowest BCUT2D eigenvalue weighted by Crippen LogP contribution is -2.15. The molecule has 0 aliphatic rings. The Morgan fingerprint density at radius 3 is 2.65 bits per heavy atom. The van der Waals surface area contributed by atoms with Crippen LogP contribution in [0.25, 0.3) is 11.0 Å². The quantitative estimate of drug-likeness (QED) is 0.536. The second kappa shape index (κ2) is 7.60. The van der Waals surface area contributed by atoms with Gasteiger partial charge in [0.15, 0.2) is 18.1 Å². The number of phenols is 1. The highest BCUT2D eigenvalue weighted by Crippen LogP contribution is 2.26. The van der Waals surface area contributed by atoms with Gasteiger partial charge in [-0.3, -0.25) is 0 Å². The number of carbonyl (C=O) groups is 1. The molecule has 3 rings (SSSR count). The standard InChI is InChI=1S/C19H16O7/c1-23-15-4-2-3-5-16(15)24-11-19(22)25-10-12-8-18(21)26-17-9-13(20)6-7-14(12)17/h2-9,20H,10-11H2,1H3. The van der Waals surface area contributed by atoms with Crippen LogP contribution >= 0.6 is 0 Å². The third kappa shape index (κ3) is 3.94. The number of benzene rings is 2. The van der Waals surface area contributed by atoms with E-state index in [-0.39, 0.29) is 24.5 Å². The van der Waals surface area contributed by atoms with Crippen LogP contribution < -0.4 is 15.1 Å². The average molecular weight is 356 g/mol. The zero-order chi connectivity index (χ0) is 18.5. The van der Waals surface area contributed by atoms with Gasteiger partial charge in [0.2, 0.25) is 0 Å². The number of methoxy groups -OCH3 is 1. The fourth-order valence-corrected chi connectivity index (χ4v) is 2.41. The number of carbonyl (C=O) groups excluding carboxylic acids is 1. The number of phenolic OH excluding ortho intramolecular Hbond substituents is 1. The lowest BCUT2D eigenvalue weighted by atomic mass is 10.1. The van der Waals surface area contributed by atoms with Crippen molar-refractivity contribution in [3.63, 3.8) is 0 Å². The Morgan fingerprint density at radius 2 is 1.88 bits per heavy atom. The lowest BCUT2D eigenvalue weighted by molar-refractivity contribution is -0.147. The second-order valence-electron chi connectivity index (χ2n) is 5.37. The molecule has 0 bridgehead atoms. The molecule has 7 nitrogen and oxygen atoms in total. The highest BCUT2D eigenvalue weighted by molar-refractivity contribution is 5.81. The van der Waals surface area contributed by atoms with Crippen LogP contribution in [0.2, 0.25) is 0 Å². The fraction of sp³-hybridized carbons (Fsp3) is 0.158. The van der Waals surface area contributed by atoms with Crippen molar-refractivity contribution in [1.82, 2.24) is 0 Å². The number of aromatic hydroxyl groups is 1. The summed E-state index contributed by atoms with van der Waals surface area (Å²) in [6.07, 6.45) is 0. The number of rotatable bonds is 6. The Bertz CT molecular complexity index is 991. The maximum absolute atomic E-state index is 11.9. The fourth-order valence-electron chi connectivity index (χ4n) is 2.41. The van der Waals surface area contributed by atoms with Crippen molar-refractivity contribution >= 4 is 16.9 Å². The molecule has 0 saturated carbocycles. The SMILES string of the molecule is COc1ccccc1OCC(=O)OCc1cc(=O)oc2cc(O)ccc12. The molecule has 26 heavy (non-hydrogen) atoms. The van der Waals surface area contributed by atoms with Crippen LogP contribution in [0.3, 0.4) is 0 Å². The maximum atomic E-state index is 11.9. The molecule has 1 heterocycles. The first kappa shape index (κ1) is 17.3. The van der Waals surface area contributed by atoms with Crippen molar-refractivity contribution in [2.45, 2.75) is 6.61 Å². The molecule has 134 valence electrons. The van der Waals surface area contributed by atoms with Gasteiger partial charge in [-0.1, -0.05) is 12.1 Å². The Morgan fingerprint density at radius 1 is 1.12 bits per heavy atom. The number of fused-ring (bicyclic) bond motifs is 1. The Hall–Kier alpha value is -3.48. The summed E-state index contributed by atoms with van der Waals surface area (Å²) in [7, 11) is 1.50. The molecule has 7 heteroatoms. The molecule has 0 saturated heterocycles. The van der Waals surface area contributed by atoms with E-state index in [2.05, 4.69) is 0 Å². The van der Waals surface area contributed by atoms with Gasteiger partial charge in [-0.25, -0.2) is 9.59 Å². The molecule has 1 aromatic heterocycles. The highest BCUT2D eigenvalue weighted by Gasteiger charge is 2.11. The molecular formula is C19H16O7. The van der Waals surface area contributed by atoms with Crippen molar-refractivity contribution in [2.75, 3.05) is 13.7 Å². The van der Waals surface area contributed by atoms with Gasteiger partial charge < -0.3 is 23.7 Å². The van der Waals surface area contributed by atoms with Gasteiger partial charge >= 0.3 is 11.6 Å². The highest BCUT2D eigenvalue weighted by atomic mass is 16.6. The molecule has 0 radical (unpaired) electrons. The third-order valence-corrected chi connectivity index (χ3v) is 3.62. The van der Waals surface area contributed by atoms with E-state index >= 15 is 0 Å². The molecule has 0 amide bonds. The smallest absolute Gasteiger partial charge is 0.344 e. The predicted molar refractivity (Wildman–Crippen MR) is 92.4 cm³/mol. The summed E-state index contributed by atoms with van der Waals surface area (Å²) < 4.78 is 20.7. The molecule has 0 atom stereocenters. The largest absolute Gasteiger partial charge is 0.508 e. The van der Waals surface area contributed by atoms with Gasteiger partial charge in [0.05, 0.1) is 7.11 Å². The Labute approximate surface area is 148 Å². The molecule has 2 aromatic carbocycles. The summed E-state index contributed by atoms with van der Waals surface area (Å²) in [4.78, 5) is 23.5. The van der Waals surface area contributed by atoms with Crippen LogP contribution in [0.5, 0.6) is 17.2 Å². The molecule has 0 aliphatic heterocycles. The van der Waals surface area contributed by atoms with Crippen molar-refractivity contribution < 1.29 is 28.5 Å². The first-order chi connectivity index (χ1) is 12.6. The van der Waals surface area contributed by atoms with E-state index in [1.165, 1.54) is 25.3 Å². The number of hydrogen-bond acceptors (Lipinski definition) is 7. The molecule has 3 aromatic rings. The number of hydrogen-bond donors (Lipinski definition) is 1. The zero-order valence-corrected chi connectivity index (χ0v) is 13.9. The van der Waals surface area contributed by atoms with Crippen LogP contribution in [0.4, 0.5) is 0 Å². The van der Waals surface area contributed by atoms with E-state index in [0.717, 1.165) is 0 Å². The monoisotopic (exact) mass is 356 g/mol. The topological polar surface area (TPSA) is 95.2 Å². The van der Waals surface area contributed by atoms with Gasteiger partial charge in [0.25, 0.3) is 0 Å². The van der Waals surface area contributed by atoms with Crippen LogP contribution in [-0.2, 0) is 16.1 Å². The van der Waals surface area contributed by atoms with Crippen LogP contribution in [0.15, 0.2) is 57.7 Å². The van der Waals surface area contributed by atoms with Gasteiger partial charge in [0.1, 0.15) is 17.9 Å². The zero-order valence-electron chi connectivity index (χ0n) is 13.9. The average Bonchev–Trinajstić information content (AvgIpc) is 2.64. The normalized spacial score (nSPS) is 10.5. The summed E-state index contributed by atoms with van der Waals surface area (Å²) >= 11 is 0. The summed E-state index contributed by atoms with van der Waals surface area (Å²) in [6.45, 7) is -0.429. The predicted octanol–water partition coefficient (Wildman–Crippen LogP) is 2.63.